The predicted molar refractivity (Wildman–Crippen MR) is 71.8 cm³/mol. The van der Waals surface area contributed by atoms with Crippen LogP contribution in [0.2, 0.25) is 0 Å². The number of likely N-dealkylation sites (tertiary alicyclic amines) is 1. The molecular formula is C12H15NO2S2. The minimum absolute atomic E-state index is 0.0684. The van der Waals surface area contributed by atoms with Crippen LogP contribution in [0, 0.1) is 6.92 Å². The fourth-order valence-electron chi connectivity index (χ4n) is 1.89. The molecule has 1 fully saturated rings. The average Bonchev–Trinajstić information content (AvgIpc) is 2.82. The highest BCUT2D eigenvalue weighted by Gasteiger charge is 2.27. The molecule has 2 rings (SSSR count). The Kier molecular flexibility index (Phi) is 3.49. The summed E-state index contributed by atoms with van der Waals surface area (Å²) in [6.45, 7) is 3.43. The number of rotatable bonds is 1. The minimum atomic E-state index is -3.48. The monoisotopic (exact) mass is 269 g/mol. The predicted octanol–water partition coefficient (Wildman–Crippen LogP) is 2.15. The number of benzene rings is 1. The number of sulfone groups is 1. The highest BCUT2D eigenvalue weighted by molar-refractivity contribution is 8.17. The molecule has 0 atom stereocenters. The molecular weight excluding hydrogens is 254 g/mol. The zero-order valence-electron chi connectivity index (χ0n) is 9.72. The van der Waals surface area contributed by atoms with E-state index in [1.54, 1.807) is 29.2 Å². The standard InChI is InChI=1S/C12H15NO2S2/c1-10-4-6-11(7-5-10)17(14,15)12(16)13-8-2-3-9-13/h4-7H,2-3,8-9H2,1H3. The van der Waals surface area contributed by atoms with Gasteiger partial charge < -0.3 is 4.90 Å². The highest BCUT2D eigenvalue weighted by Crippen LogP contribution is 2.19. The van der Waals surface area contributed by atoms with E-state index in [2.05, 4.69) is 0 Å². The maximum absolute atomic E-state index is 12.2. The Bertz CT molecular complexity index is 514. The third kappa shape index (κ3) is 2.50. The lowest BCUT2D eigenvalue weighted by molar-refractivity contribution is 0.528. The third-order valence-corrected chi connectivity index (χ3v) is 5.45. The van der Waals surface area contributed by atoms with E-state index in [0.717, 1.165) is 31.5 Å². The van der Waals surface area contributed by atoms with E-state index in [-0.39, 0.29) is 4.32 Å². The Morgan fingerprint density at radius 1 is 1.18 bits per heavy atom. The minimum Gasteiger partial charge on any atom is -0.353 e. The van der Waals surface area contributed by atoms with Gasteiger partial charge in [0, 0.05) is 13.1 Å². The smallest absolute Gasteiger partial charge is 0.232 e. The Hall–Kier alpha value is -0.940. The summed E-state index contributed by atoms with van der Waals surface area (Å²) in [5.41, 5.74) is 1.04. The van der Waals surface area contributed by atoms with Crippen LogP contribution in [0.1, 0.15) is 18.4 Å². The summed E-state index contributed by atoms with van der Waals surface area (Å²) in [5.74, 6) is 0. The summed E-state index contributed by atoms with van der Waals surface area (Å²) in [5, 5.41) is 0. The number of thiocarbonyl (C=S) groups is 1. The maximum atomic E-state index is 12.2. The Morgan fingerprint density at radius 3 is 2.24 bits per heavy atom. The van der Waals surface area contributed by atoms with Crippen LogP contribution in [0.4, 0.5) is 0 Å². The molecule has 0 radical (unpaired) electrons. The second-order valence-electron chi connectivity index (χ2n) is 4.28. The van der Waals surface area contributed by atoms with Crippen LogP contribution in [0.3, 0.4) is 0 Å². The molecule has 0 amide bonds. The summed E-state index contributed by atoms with van der Waals surface area (Å²) < 4.78 is 24.6. The van der Waals surface area contributed by atoms with Crippen LogP contribution < -0.4 is 0 Å². The van der Waals surface area contributed by atoms with Crippen molar-refractivity contribution < 1.29 is 8.42 Å². The van der Waals surface area contributed by atoms with Gasteiger partial charge in [-0.3, -0.25) is 0 Å². The summed E-state index contributed by atoms with van der Waals surface area (Å²) in [6.07, 6.45) is 2.03. The fourth-order valence-corrected chi connectivity index (χ4v) is 3.58. The lowest BCUT2D eigenvalue weighted by Crippen LogP contribution is -2.32. The first-order chi connectivity index (χ1) is 8.01. The van der Waals surface area contributed by atoms with Crippen molar-refractivity contribution in [1.82, 2.24) is 4.90 Å². The van der Waals surface area contributed by atoms with Gasteiger partial charge in [-0.15, -0.1) is 0 Å². The zero-order chi connectivity index (χ0) is 12.5. The fraction of sp³-hybridized carbons (Fsp3) is 0.417. The van der Waals surface area contributed by atoms with Gasteiger partial charge in [0.2, 0.25) is 14.2 Å². The van der Waals surface area contributed by atoms with Crippen molar-refractivity contribution in [2.45, 2.75) is 24.7 Å². The van der Waals surface area contributed by atoms with Gasteiger partial charge in [0.05, 0.1) is 4.90 Å². The molecule has 1 aromatic carbocycles. The second kappa shape index (κ2) is 4.74. The maximum Gasteiger partial charge on any atom is 0.232 e. The molecule has 5 heteroatoms. The van der Waals surface area contributed by atoms with Crippen molar-refractivity contribution in [3.8, 4) is 0 Å². The van der Waals surface area contributed by atoms with Gasteiger partial charge in [-0.05, 0) is 44.1 Å². The van der Waals surface area contributed by atoms with Crippen LogP contribution in [-0.2, 0) is 9.84 Å². The molecule has 0 N–H and O–H groups in total. The van der Waals surface area contributed by atoms with E-state index in [9.17, 15) is 8.42 Å². The Labute approximate surface area is 107 Å². The third-order valence-electron chi connectivity index (χ3n) is 2.93. The lowest BCUT2D eigenvalue weighted by Gasteiger charge is -2.18. The first-order valence-corrected chi connectivity index (χ1v) is 7.51. The molecule has 0 unspecified atom stereocenters. The quantitative estimate of drug-likeness (QED) is 0.732. The molecule has 1 aliphatic rings. The highest BCUT2D eigenvalue weighted by atomic mass is 32.2. The van der Waals surface area contributed by atoms with E-state index in [4.69, 9.17) is 12.2 Å². The van der Waals surface area contributed by atoms with Gasteiger partial charge >= 0.3 is 0 Å². The van der Waals surface area contributed by atoms with Gasteiger partial charge in [-0.2, -0.15) is 0 Å². The SMILES string of the molecule is Cc1ccc(S(=O)(=O)C(=S)N2CCCC2)cc1. The van der Waals surface area contributed by atoms with Gasteiger partial charge in [-0.1, -0.05) is 17.7 Å². The van der Waals surface area contributed by atoms with Gasteiger partial charge in [0.15, 0.2) is 0 Å². The average molecular weight is 269 g/mol. The summed E-state index contributed by atoms with van der Waals surface area (Å²) >= 11 is 5.10. The Morgan fingerprint density at radius 2 is 1.71 bits per heavy atom. The van der Waals surface area contributed by atoms with Crippen LogP contribution in [0.15, 0.2) is 29.2 Å². The summed E-state index contributed by atoms with van der Waals surface area (Å²) in [4.78, 5) is 2.07. The van der Waals surface area contributed by atoms with Crippen molar-refractivity contribution in [2.24, 2.45) is 0 Å². The second-order valence-corrected chi connectivity index (χ2v) is 6.79. The van der Waals surface area contributed by atoms with Crippen LogP contribution in [-0.4, -0.2) is 30.7 Å². The molecule has 17 heavy (non-hydrogen) atoms. The van der Waals surface area contributed by atoms with Crippen LogP contribution >= 0.6 is 12.2 Å². The van der Waals surface area contributed by atoms with Gasteiger partial charge in [0.1, 0.15) is 0 Å². The topological polar surface area (TPSA) is 37.4 Å². The van der Waals surface area contributed by atoms with E-state index in [1.807, 2.05) is 6.92 Å². The molecule has 92 valence electrons. The zero-order valence-corrected chi connectivity index (χ0v) is 11.4. The molecule has 1 saturated heterocycles. The number of aryl methyl sites for hydroxylation is 1. The first-order valence-electron chi connectivity index (χ1n) is 5.62. The first kappa shape index (κ1) is 12.5. The molecule has 0 aliphatic carbocycles. The molecule has 1 aliphatic heterocycles. The number of hydrogen-bond donors (Lipinski definition) is 0. The number of nitrogens with zero attached hydrogens (tertiary/aromatic N) is 1. The van der Waals surface area contributed by atoms with Crippen molar-refractivity contribution >= 4 is 26.4 Å². The number of hydrogen-bond acceptors (Lipinski definition) is 3. The molecule has 1 aromatic rings. The van der Waals surface area contributed by atoms with Crippen molar-refractivity contribution in [1.29, 1.82) is 0 Å². The molecule has 0 spiro atoms. The van der Waals surface area contributed by atoms with Crippen LogP contribution in [0.5, 0.6) is 0 Å². The molecule has 3 nitrogen and oxygen atoms in total. The van der Waals surface area contributed by atoms with Gasteiger partial charge in [0.25, 0.3) is 0 Å². The van der Waals surface area contributed by atoms with E-state index >= 15 is 0 Å². The van der Waals surface area contributed by atoms with Crippen molar-refractivity contribution in [3.63, 3.8) is 0 Å². The Balaban J connectivity index is 2.29. The van der Waals surface area contributed by atoms with Gasteiger partial charge in [-0.25, -0.2) is 8.42 Å². The van der Waals surface area contributed by atoms with E-state index in [1.165, 1.54) is 0 Å². The van der Waals surface area contributed by atoms with E-state index < -0.39 is 9.84 Å². The van der Waals surface area contributed by atoms with Crippen molar-refractivity contribution in [2.75, 3.05) is 13.1 Å². The normalized spacial score (nSPS) is 16.2. The molecule has 0 saturated carbocycles. The van der Waals surface area contributed by atoms with Crippen molar-refractivity contribution in [3.05, 3.63) is 29.8 Å². The summed E-state index contributed by atoms with van der Waals surface area (Å²) in [7, 11) is -3.48. The lowest BCUT2D eigenvalue weighted by atomic mass is 10.2. The van der Waals surface area contributed by atoms with E-state index in [0.29, 0.717) is 4.90 Å². The van der Waals surface area contributed by atoms with Crippen LogP contribution in [0.25, 0.3) is 0 Å². The largest absolute Gasteiger partial charge is 0.353 e. The molecule has 0 bridgehead atoms. The molecule has 1 heterocycles. The molecule has 0 aromatic heterocycles. The summed E-state index contributed by atoms with van der Waals surface area (Å²) in [6, 6.07) is 6.82.